The maximum atomic E-state index is 15.0. The second kappa shape index (κ2) is 14.6. The Labute approximate surface area is 317 Å². The Balaban J connectivity index is 1.72. The normalized spacial score (nSPS) is 13.5. The first kappa shape index (κ1) is 39.1. The van der Waals surface area contributed by atoms with Crippen molar-refractivity contribution < 1.29 is 24.4 Å². The lowest BCUT2D eigenvalue weighted by Gasteiger charge is -2.40. The van der Waals surface area contributed by atoms with Crippen LogP contribution in [-0.2, 0) is 14.2 Å². The monoisotopic (exact) mass is 749 g/mol. The number of hydrogen-bond acceptors (Lipinski definition) is 11. The largest absolute Gasteiger partial charge is 0.507 e. The number of methoxy groups -OCH3 is 1. The lowest BCUT2D eigenvalue weighted by atomic mass is 9.95. The molecule has 6 aromatic rings. The number of aromatic hydroxyl groups is 2. The molecule has 12 nitrogen and oxygen atoms in total. The number of fused-ring (bicyclic) bond motifs is 3. The van der Waals surface area contributed by atoms with Gasteiger partial charge in [-0.1, -0.05) is 35.4 Å². The fourth-order valence-electron chi connectivity index (χ4n) is 6.93. The third-order valence-electron chi connectivity index (χ3n) is 10.7. The molecule has 288 valence electrons. The highest BCUT2D eigenvalue weighted by atomic mass is 16.6. The van der Waals surface area contributed by atoms with Gasteiger partial charge in [0, 0.05) is 18.5 Å². The summed E-state index contributed by atoms with van der Waals surface area (Å²) in [5, 5.41) is 26.7. The maximum absolute atomic E-state index is 15.0. The summed E-state index contributed by atoms with van der Waals surface area (Å²) in [5.74, 6) is -1.04. The number of nitrogens with one attached hydrogen (secondary N) is 2. The summed E-state index contributed by atoms with van der Waals surface area (Å²) in [5.41, 5.74) is -2.29. The summed E-state index contributed by atoms with van der Waals surface area (Å²) < 4.78 is 18.8. The lowest BCUT2D eigenvalue weighted by molar-refractivity contribution is -0.180. The number of nitrogens with zero attached hydrogens (tertiary/aromatic N) is 1. The topological polar surface area (TPSA) is 165 Å². The summed E-state index contributed by atoms with van der Waals surface area (Å²) in [6.45, 7) is 15.4. The van der Waals surface area contributed by atoms with Crippen LogP contribution in [0, 0.1) is 13.8 Å². The second-order valence-corrected chi connectivity index (χ2v) is 15.2. The van der Waals surface area contributed by atoms with E-state index in [0.717, 1.165) is 27.8 Å². The van der Waals surface area contributed by atoms with Gasteiger partial charge in [-0.2, -0.15) is 0 Å². The smallest absolute Gasteiger partial charge is 0.264 e. The van der Waals surface area contributed by atoms with E-state index in [1.165, 1.54) is 0 Å². The molecular weight excluding hydrogens is 702 g/mol. The molecular formula is C43H47N3O9. The predicted octanol–water partition coefficient (Wildman–Crippen LogP) is 6.97. The highest BCUT2D eigenvalue weighted by molar-refractivity contribution is 6.23. The second-order valence-electron chi connectivity index (χ2n) is 15.2. The number of hydrogen-bond donors (Lipinski definition) is 4. The minimum absolute atomic E-state index is 0.0807. The number of aryl methyl sites for hydroxylation is 2. The van der Waals surface area contributed by atoms with Crippen molar-refractivity contribution in [1.29, 1.82) is 0 Å². The van der Waals surface area contributed by atoms with Gasteiger partial charge in [0.05, 0.1) is 80.3 Å². The molecule has 55 heavy (non-hydrogen) atoms. The van der Waals surface area contributed by atoms with Crippen molar-refractivity contribution in [1.82, 2.24) is 4.57 Å². The van der Waals surface area contributed by atoms with Gasteiger partial charge < -0.3 is 35.1 Å². The van der Waals surface area contributed by atoms with E-state index >= 15 is 0 Å². The Bertz CT molecular complexity index is 2480. The Morgan fingerprint density at radius 2 is 1.04 bits per heavy atom. The molecule has 2 atom stereocenters. The van der Waals surface area contributed by atoms with E-state index in [1.807, 2.05) is 58.9 Å². The number of rotatable bonds is 13. The van der Waals surface area contributed by atoms with Crippen LogP contribution in [0.1, 0.15) is 58.7 Å². The van der Waals surface area contributed by atoms with Crippen LogP contribution in [0.15, 0.2) is 79.8 Å². The molecule has 0 aliphatic heterocycles. The average molecular weight is 750 g/mol. The first-order valence-corrected chi connectivity index (χ1v) is 18.1. The van der Waals surface area contributed by atoms with Gasteiger partial charge in [-0.3, -0.25) is 23.7 Å². The number of benzene rings is 5. The number of phenols is 2. The maximum Gasteiger partial charge on any atom is 0.264 e. The molecule has 0 radical (unpaired) electrons. The first-order valence-electron chi connectivity index (χ1n) is 18.1. The van der Waals surface area contributed by atoms with Crippen molar-refractivity contribution in [3.63, 3.8) is 0 Å². The van der Waals surface area contributed by atoms with Crippen molar-refractivity contribution >= 4 is 55.1 Å². The lowest BCUT2D eigenvalue weighted by Crippen LogP contribution is -2.49. The molecule has 0 aliphatic carbocycles. The molecule has 0 saturated heterocycles. The molecule has 1 aromatic heterocycles. The molecule has 12 heteroatoms. The van der Waals surface area contributed by atoms with Gasteiger partial charge in [0.1, 0.15) is 11.5 Å². The summed E-state index contributed by atoms with van der Waals surface area (Å²) in [4.78, 5) is 59.3. The van der Waals surface area contributed by atoms with Gasteiger partial charge in [0.2, 0.25) is 10.9 Å². The Hall–Kier alpha value is -5.56. The molecule has 4 N–H and O–H groups in total. The van der Waals surface area contributed by atoms with Gasteiger partial charge in [-0.05, 0) is 91.8 Å². The van der Waals surface area contributed by atoms with E-state index in [2.05, 4.69) is 10.6 Å². The third-order valence-corrected chi connectivity index (χ3v) is 10.7. The summed E-state index contributed by atoms with van der Waals surface area (Å²) in [6, 6.07) is 15.7. The van der Waals surface area contributed by atoms with Crippen LogP contribution in [0.5, 0.6) is 11.5 Å². The van der Waals surface area contributed by atoms with E-state index < -0.39 is 67.6 Å². The van der Waals surface area contributed by atoms with Crippen LogP contribution in [0.25, 0.3) is 32.3 Å². The van der Waals surface area contributed by atoms with Gasteiger partial charge in [-0.15, -0.1) is 0 Å². The van der Waals surface area contributed by atoms with E-state index in [9.17, 15) is 29.4 Å². The molecule has 1 heterocycles. The van der Waals surface area contributed by atoms with Crippen LogP contribution in [0.3, 0.4) is 0 Å². The Morgan fingerprint density at radius 1 is 0.618 bits per heavy atom. The fraction of sp³-hybridized carbons (Fsp3) is 0.349. The van der Waals surface area contributed by atoms with Crippen molar-refractivity contribution in [2.45, 2.75) is 78.7 Å². The highest BCUT2D eigenvalue weighted by Crippen LogP contribution is 2.41. The number of anilines is 4. The molecule has 2 unspecified atom stereocenters. The molecule has 6 rings (SSSR count). The van der Waals surface area contributed by atoms with Gasteiger partial charge in [0.25, 0.3) is 11.1 Å². The van der Waals surface area contributed by atoms with Crippen molar-refractivity contribution in [3.8, 4) is 11.5 Å². The quantitative estimate of drug-likeness (QED) is 0.0417. The molecule has 0 saturated carbocycles. The highest BCUT2D eigenvalue weighted by Gasteiger charge is 2.39. The zero-order valence-corrected chi connectivity index (χ0v) is 32.5. The third kappa shape index (κ3) is 6.97. The van der Waals surface area contributed by atoms with E-state index in [0.29, 0.717) is 24.6 Å². The number of ether oxygens (including phenoxy) is 3. The average Bonchev–Trinajstić information content (AvgIpc) is 3.39. The molecule has 0 spiro atoms. The Morgan fingerprint density at radius 3 is 1.44 bits per heavy atom. The van der Waals surface area contributed by atoms with Crippen LogP contribution in [0.4, 0.5) is 22.7 Å². The van der Waals surface area contributed by atoms with Crippen LogP contribution in [-0.4, -0.2) is 52.4 Å². The van der Waals surface area contributed by atoms with Gasteiger partial charge >= 0.3 is 0 Å². The molecule has 5 aromatic carbocycles. The standard InChI is InChI=1S/C43H47N3O9/c1-22-10-14-26(15-11-22)44-36-32-33(39(50)31-29(48)19-18-28(47)30(31)38(32)49)37(45-27-16-12-23(2)13-17-27)35-34(36)40(51)46(41(35)52)24(3)42(5,6)55-25(4)43(7,8)54-21-20-53-9/h10-19,24-25,44-45,47-48H,20-21H2,1-9H3. The zero-order chi connectivity index (χ0) is 40.1. The van der Waals surface area contributed by atoms with E-state index in [-0.39, 0.29) is 32.9 Å². The predicted molar refractivity (Wildman–Crippen MR) is 218 cm³/mol. The SMILES string of the molecule is COCCOC(C)(C)C(C)OC(C)(C)C(C)n1c(=O)c2c(Nc3ccc(C)cc3)c3c(=O)c4c(O)ccc(O)c4c(=O)c3c(Nc3ccc(C)cc3)c2c1=O. The summed E-state index contributed by atoms with van der Waals surface area (Å²) >= 11 is 0. The molecule has 0 amide bonds. The van der Waals surface area contributed by atoms with Crippen LogP contribution < -0.4 is 32.6 Å². The zero-order valence-electron chi connectivity index (χ0n) is 32.5. The van der Waals surface area contributed by atoms with E-state index in [1.54, 1.807) is 52.1 Å². The van der Waals surface area contributed by atoms with Crippen molar-refractivity contribution in [2.24, 2.45) is 0 Å². The van der Waals surface area contributed by atoms with Gasteiger partial charge in [0.15, 0.2) is 0 Å². The molecule has 0 fully saturated rings. The fourth-order valence-corrected chi connectivity index (χ4v) is 6.93. The number of aromatic nitrogens is 1. The molecule has 0 bridgehead atoms. The Kier molecular flexibility index (Phi) is 10.4. The summed E-state index contributed by atoms with van der Waals surface area (Å²) in [6.07, 6.45) is -0.504. The molecule has 0 aliphatic rings. The van der Waals surface area contributed by atoms with Crippen molar-refractivity contribution in [2.75, 3.05) is 31.0 Å². The first-order chi connectivity index (χ1) is 25.9. The number of phenolic OH excluding ortho intramolecular Hbond substituents is 2. The minimum Gasteiger partial charge on any atom is -0.507 e. The minimum atomic E-state index is -1.14. The van der Waals surface area contributed by atoms with E-state index in [4.69, 9.17) is 14.2 Å². The summed E-state index contributed by atoms with van der Waals surface area (Å²) in [7, 11) is 1.58. The van der Waals surface area contributed by atoms with Crippen LogP contribution >= 0.6 is 0 Å². The van der Waals surface area contributed by atoms with Crippen LogP contribution in [0.2, 0.25) is 0 Å². The van der Waals surface area contributed by atoms with Crippen molar-refractivity contribution in [3.05, 3.63) is 113 Å². The van der Waals surface area contributed by atoms with Gasteiger partial charge in [-0.25, -0.2) is 0 Å².